The van der Waals surface area contributed by atoms with E-state index >= 15 is 0 Å². The highest BCUT2D eigenvalue weighted by Crippen LogP contribution is 2.36. The summed E-state index contributed by atoms with van der Waals surface area (Å²) >= 11 is 6.05. The van der Waals surface area contributed by atoms with Gasteiger partial charge in [-0.2, -0.15) is 0 Å². The van der Waals surface area contributed by atoms with Crippen LogP contribution in [0.15, 0.2) is 18.2 Å². The van der Waals surface area contributed by atoms with E-state index in [1.54, 1.807) is 28.0 Å². The first-order valence-corrected chi connectivity index (χ1v) is 8.54. The molecule has 0 saturated carbocycles. The minimum absolute atomic E-state index is 0.000671. The highest BCUT2D eigenvalue weighted by atomic mass is 35.5. The molecule has 1 atom stereocenters. The van der Waals surface area contributed by atoms with Gasteiger partial charge in [0, 0.05) is 31.0 Å². The van der Waals surface area contributed by atoms with E-state index < -0.39 is 0 Å². The van der Waals surface area contributed by atoms with Crippen LogP contribution in [0.2, 0.25) is 5.02 Å². The van der Waals surface area contributed by atoms with Gasteiger partial charge in [-0.3, -0.25) is 9.59 Å². The first-order valence-electron chi connectivity index (χ1n) is 8.16. The Morgan fingerprint density at radius 2 is 1.92 bits per heavy atom. The van der Waals surface area contributed by atoms with Crippen molar-refractivity contribution in [2.45, 2.75) is 25.9 Å². The number of fused-ring (bicyclic) bond motifs is 1. The largest absolute Gasteiger partial charge is 0.487 e. The van der Waals surface area contributed by atoms with Crippen LogP contribution in [0.4, 0.5) is 5.69 Å². The van der Waals surface area contributed by atoms with Crippen molar-refractivity contribution in [1.29, 1.82) is 0 Å². The molecular formula is C17H21ClN2O4. The molecule has 2 aliphatic heterocycles. The topological polar surface area (TPSA) is 59.1 Å². The SMILES string of the molecule is CC1CN(C(=O)CCC(=O)N2CCOCC2)c2cc(Cl)ccc2O1. The van der Waals surface area contributed by atoms with Crippen LogP contribution < -0.4 is 9.64 Å². The molecule has 1 unspecified atom stereocenters. The fraction of sp³-hybridized carbons (Fsp3) is 0.529. The number of amides is 2. The predicted octanol–water partition coefficient (Wildman–Crippen LogP) is 2.09. The molecule has 7 heteroatoms. The predicted molar refractivity (Wildman–Crippen MR) is 90.5 cm³/mol. The van der Waals surface area contributed by atoms with Crippen LogP contribution in [0.25, 0.3) is 0 Å². The van der Waals surface area contributed by atoms with E-state index in [2.05, 4.69) is 0 Å². The molecule has 0 bridgehead atoms. The molecule has 0 N–H and O–H groups in total. The van der Waals surface area contributed by atoms with Gasteiger partial charge in [-0.25, -0.2) is 0 Å². The number of halogens is 1. The summed E-state index contributed by atoms with van der Waals surface area (Å²) in [6, 6.07) is 5.24. The van der Waals surface area contributed by atoms with Gasteiger partial charge in [0.1, 0.15) is 11.9 Å². The first kappa shape index (κ1) is 17.0. The van der Waals surface area contributed by atoms with E-state index in [1.807, 2.05) is 6.92 Å². The van der Waals surface area contributed by atoms with Crippen LogP contribution in [-0.4, -0.2) is 55.7 Å². The van der Waals surface area contributed by atoms with Gasteiger partial charge in [-0.05, 0) is 25.1 Å². The summed E-state index contributed by atoms with van der Waals surface area (Å²) in [6.45, 7) is 4.69. The number of anilines is 1. The summed E-state index contributed by atoms with van der Waals surface area (Å²) in [6.07, 6.45) is 0.285. The van der Waals surface area contributed by atoms with Gasteiger partial charge in [0.05, 0.1) is 25.4 Å². The fourth-order valence-electron chi connectivity index (χ4n) is 2.97. The first-order chi connectivity index (χ1) is 11.5. The summed E-state index contributed by atoms with van der Waals surface area (Å²) in [5.74, 6) is 0.556. The Kier molecular flexibility index (Phi) is 5.26. The highest BCUT2D eigenvalue weighted by Gasteiger charge is 2.28. The third-order valence-electron chi connectivity index (χ3n) is 4.20. The Morgan fingerprint density at radius 1 is 1.21 bits per heavy atom. The van der Waals surface area contributed by atoms with Gasteiger partial charge in [-0.1, -0.05) is 11.6 Å². The molecule has 1 aromatic rings. The zero-order valence-corrected chi connectivity index (χ0v) is 14.4. The number of ether oxygens (including phenoxy) is 2. The molecule has 1 fully saturated rings. The lowest BCUT2D eigenvalue weighted by molar-refractivity contribution is -0.136. The molecule has 0 spiro atoms. The maximum Gasteiger partial charge on any atom is 0.227 e. The average Bonchev–Trinajstić information content (AvgIpc) is 2.59. The number of hydrogen-bond donors (Lipinski definition) is 0. The quantitative estimate of drug-likeness (QED) is 0.835. The average molecular weight is 353 g/mol. The minimum Gasteiger partial charge on any atom is -0.487 e. The Bertz CT molecular complexity index is 631. The highest BCUT2D eigenvalue weighted by molar-refractivity contribution is 6.31. The van der Waals surface area contributed by atoms with Gasteiger partial charge in [0.25, 0.3) is 0 Å². The molecule has 0 radical (unpaired) electrons. The number of carbonyl (C=O) groups excluding carboxylic acids is 2. The van der Waals surface area contributed by atoms with Crippen molar-refractivity contribution < 1.29 is 19.1 Å². The standard InChI is InChI=1S/C17H21ClN2O4/c1-12-11-20(14-10-13(18)2-3-15(14)24-12)17(22)5-4-16(21)19-6-8-23-9-7-19/h2-3,10,12H,4-9,11H2,1H3. The third kappa shape index (κ3) is 3.82. The second-order valence-electron chi connectivity index (χ2n) is 6.04. The van der Waals surface area contributed by atoms with Crippen molar-refractivity contribution in [1.82, 2.24) is 4.90 Å². The second kappa shape index (κ2) is 7.40. The molecule has 1 aromatic carbocycles. The van der Waals surface area contributed by atoms with E-state index in [0.29, 0.717) is 49.3 Å². The van der Waals surface area contributed by atoms with E-state index in [-0.39, 0.29) is 30.8 Å². The monoisotopic (exact) mass is 352 g/mol. The fourth-order valence-corrected chi connectivity index (χ4v) is 3.13. The van der Waals surface area contributed by atoms with E-state index in [4.69, 9.17) is 21.1 Å². The number of carbonyl (C=O) groups is 2. The summed E-state index contributed by atoms with van der Waals surface area (Å²) in [5, 5.41) is 0.550. The van der Waals surface area contributed by atoms with Crippen LogP contribution in [0.1, 0.15) is 19.8 Å². The van der Waals surface area contributed by atoms with Crippen molar-refractivity contribution in [3.8, 4) is 5.75 Å². The van der Waals surface area contributed by atoms with E-state index in [9.17, 15) is 9.59 Å². The van der Waals surface area contributed by atoms with Gasteiger partial charge < -0.3 is 19.3 Å². The van der Waals surface area contributed by atoms with Crippen molar-refractivity contribution in [3.05, 3.63) is 23.2 Å². The van der Waals surface area contributed by atoms with Gasteiger partial charge in [0.15, 0.2) is 0 Å². The molecule has 2 heterocycles. The Balaban J connectivity index is 1.64. The summed E-state index contributed by atoms with van der Waals surface area (Å²) in [4.78, 5) is 28.3. The third-order valence-corrected chi connectivity index (χ3v) is 4.43. The molecule has 1 saturated heterocycles. The Labute approximate surface area is 146 Å². The molecule has 6 nitrogen and oxygen atoms in total. The molecule has 0 aromatic heterocycles. The van der Waals surface area contributed by atoms with Crippen LogP contribution in [-0.2, 0) is 14.3 Å². The van der Waals surface area contributed by atoms with Crippen molar-refractivity contribution >= 4 is 29.1 Å². The van der Waals surface area contributed by atoms with E-state index in [0.717, 1.165) is 0 Å². The van der Waals surface area contributed by atoms with Gasteiger partial charge in [0.2, 0.25) is 11.8 Å². The maximum atomic E-state index is 12.6. The lowest BCUT2D eigenvalue weighted by Crippen LogP contribution is -2.44. The molecular weight excluding hydrogens is 332 g/mol. The molecule has 3 rings (SSSR count). The van der Waals surface area contributed by atoms with Gasteiger partial charge >= 0.3 is 0 Å². The number of morpholine rings is 1. The van der Waals surface area contributed by atoms with E-state index in [1.165, 1.54) is 0 Å². The van der Waals surface area contributed by atoms with Crippen LogP contribution in [0.5, 0.6) is 5.75 Å². The van der Waals surface area contributed by atoms with Crippen molar-refractivity contribution in [2.24, 2.45) is 0 Å². The summed E-state index contributed by atoms with van der Waals surface area (Å²) in [7, 11) is 0. The Morgan fingerprint density at radius 3 is 2.67 bits per heavy atom. The molecule has 2 aliphatic rings. The normalized spacial score (nSPS) is 20.3. The number of hydrogen-bond acceptors (Lipinski definition) is 4. The van der Waals surface area contributed by atoms with Crippen LogP contribution in [0, 0.1) is 0 Å². The zero-order chi connectivity index (χ0) is 17.1. The van der Waals surface area contributed by atoms with Crippen molar-refractivity contribution in [3.63, 3.8) is 0 Å². The van der Waals surface area contributed by atoms with Crippen molar-refractivity contribution in [2.75, 3.05) is 37.7 Å². The van der Waals surface area contributed by atoms with Crippen LogP contribution in [0.3, 0.4) is 0 Å². The number of benzene rings is 1. The summed E-state index contributed by atoms with van der Waals surface area (Å²) in [5.41, 5.74) is 0.671. The van der Waals surface area contributed by atoms with Crippen LogP contribution >= 0.6 is 11.6 Å². The maximum absolute atomic E-state index is 12.6. The van der Waals surface area contributed by atoms with Gasteiger partial charge in [-0.15, -0.1) is 0 Å². The lowest BCUT2D eigenvalue weighted by atomic mass is 10.1. The lowest BCUT2D eigenvalue weighted by Gasteiger charge is -2.34. The molecule has 0 aliphatic carbocycles. The molecule has 130 valence electrons. The smallest absolute Gasteiger partial charge is 0.227 e. The number of rotatable bonds is 3. The molecule has 2 amide bonds. The zero-order valence-electron chi connectivity index (χ0n) is 13.7. The second-order valence-corrected chi connectivity index (χ2v) is 6.47. The Hall–Kier alpha value is -1.79. The summed E-state index contributed by atoms with van der Waals surface area (Å²) < 4.78 is 11.0. The minimum atomic E-state index is -0.0995. The molecule has 24 heavy (non-hydrogen) atoms. The number of nitrogens with zero attached hydrogens (tertiary/aromatic N) is 2.